The summed E-state index contributed by atoms with van der Waals surface area (Å²) in [7, 11) is 1.60. The smallest absolute Gasteiger partial charge is 0.224 e. The molecule has 1 aromatic carbocycles. The van der Waals surface area contributed by atoms with Crippen LogP contribution in [0, 0.1) is 5.92 Å². The van der Waals surface area contributed by atoms with Gasteiger partial charge in [0.1, 0.15) is 0 Å². The molecule has 0 saturated carbocycles. The van der Waals surface area contributed by atoms with Crippen LogP contribution in [-0.2, 0) is 9.53 Å². The molecule has 4 nitrogen and oxygen atoms in total. The third-order valence-electron chi connectivity index (χ3n) is 2.74. The van der Waals surface area contributed by atoms with E-state index in [2.05, 4.69) is 5.32 Å². The average Bonchev–Trinajstić information content (AvgIpc) is 2.38. The molecule has 3 N–H and O–H groups in total. The van der Waals surface area contributed by atoms with E-state index in [1.807, 2.05) is 37.3 Å². The fourth-order valence-corrected chi connectivity index (χ4v) is 1.56. The number of rotatable bonds is 6. The highest BCUT2D eigenvalue weighted by molar-refractivity contribution is 5.79. The van der Waals surface area contributed by atoms with Crippen molar-refractivity contribution in [1.82, 2.24) is 5.32 Å². The van der Waals surface area contributed by atoms with E-state index in [1.54, 1.807) is 7.11 Å². The number of nitrogens with one attached hydrogen (secondary N) is 1. The predicted octanol–water partition coefficient (Wildman–Crippen LogP) is 1.09. The third-order valence-corrected chi connectivity index (χ3v) is 2.74. The molecule has 0 heterocycles. The summed E-state index contributed by atoms with van der Waals surface area (Å²) >= 11 is 0. The molecule has 0 saturated heterocycles. The van der Waals surface area contributed by atoms with E-state index in [9.17, 15) is 4.79 Å². The highest BCUT2D eigenvalue weighted by Gasteiger charge is 2.21. The van der Waals surface area contributed by atoms with E-state index in [0.29, 0.717) is 13.2 Å². The van der Waals surface area contributed by atoms with Crippen LogP contribution in [-0.4, -0.2) is 26.2 Å². The second-order valence-electron chi connectivity index (χ2n) is 4.01. The van der Waals surface area contributed by atoms with Crippen LogP contribution < -0.4 is 11.1 Å². The highest BCUT2D eigenvalue weighted by Crippen LogP contribution is 2.18. The maximum Gasteiger partial charge on any atom is 0.224 e. The zero-order chi connectivity index (χ0) is 12.7. The van der Waals surface area contributed by atoms with Crippen LogP contribution in [0.25, 0.3) is 0 Å². The standard InChI is InChI=1S/C13H20N2O2/c1-10(13(16)15-8-9-17-2)12(14)11-6-4-3-5-7-11/h3-7,10,12H,8-9,14H2,1-2H3,(H,15,16). The van der Waals surface area contributed by atoms with E-state index < -0.39 is 0 Å². The summed E-state index contributed by atoms with van der Waals surface area (Å²) in [4.78, 5) is 11.8. The molecule has 4 heteroatoms. The van der Waals surface area contributed by atoms with Gasteiger partial charge >= 0.3 is 0 Å². The van der Waals surface area contributed by atoms with Crippen LogP contribution in [0.4, 0.5) is 0 Å². The fourth-order valence-electron chi connectivity index (χ4n) is 1.56. The van der Waals surface area contributed by atoms with Gasteiger partial charge < -0.3 is 15.8 Å². The summed E-state index contributed by atoms with van der Waals surface area (Å²) in [6.45, 7) is 2.86. The van der Waals surface area contributed by atoms with Crippen molar-refractivity contribution in [3.05, 3.63) is 35.9 Å². The molecule has 94 valence electrons. The number of hydrogen-bond donors (Lipinski definition) is 2. The summed E-state index contributed by atoms with van der Waals surface area (Å²) < 4.78 is 4.87. The van der Waals surface area contributed by atoms with Gasteiger partial charge in [-0.05, 0) is 5.56 Å². The Bertz CT molecular complexity index is 341. The zero-order valence-electron chi connectivity index (χ0n) is 10.3. The Balaban J connectivity index is 2.51. The lowest BCUT2D eigenvalue weighted by Gasteiger charge is -2.19. The van der Waals surface area contributed by atoms with Gasteiger partial charge in [0.05, 0.1) is 12.5 Å². The quantitative estimate of drug-likeness (QED) is 0.727. The number of benzene rings is 1. The Morgan fingerprint density at radius 3 is 2.65 bits per heavy atom. The molecule has 2 atom stereocenters. The van der Waals surface area contributed by atoms with Crippen molar-refractivity contribution in [2.45, 2.75) is 13.0 Å². The van der Waals surface area contributed by atoms with Gasteiger partial charge in [-0.1, -0.05) is 37.3 Å². The number of nitrogens with two attached hydrogens (primary N) is 1. The predicted molar refractivity (Wildman–Crippen MR) is 67.4 cm³/mol. The number of ether oxygens (including phenoxy) is 1. The fraction of sp³-hybridized carbons (Fsp3) is 0.462. The molecule has 0 aliphatic rings. The van der Waals surface area contributed by atoms with Crippen molar-refractivity contribution in [3.63, 3.8) is 0 Å². The van der Waals surface area contributed by atoms with Crippen LogP contribution in [0.2, 0.25) is 0 Å². The number of methoxy groups -OCH3 is 1. The first-order chi connectivity index (χ1) is 8.16. The number of amides is 1. The molecule has 1 amide bonds. The van der Waals surface area contributed by atoms with E-state index in [4.69, 9.17) is 10.5 Å². The molecule has 0 fully saturated rings. The van der Waals surface area contributed by atoms with Crippen LogP contribution in [0.15, 0.2) is 30.3 Å². The van der Waals surface area contributed by atoms with Gasteiger partial charge in [-0.15, -0.1) is 0 Å². The van der Waals surface area contributed by atoms with Crippen molar-refractivity contribution in [1.29, 1.82) is 0 Å². The Hall–Kier alpha value is -1.39. The molecule has 0 aromatic heterocycles. The summed E-state index contributed by atoms with van der Waals surface area (Å²) in [5, 5.41) is 2.79. The molecular formula is C13H20N2O2. The average molecular weight is 236 g/mol. The summed E-state index contributed by atoms with van der Waals surface area (Å²) in [6.07, 6.45) is 0. The molecule has 0 aliphatic heterocycles. The van der Waals surface area contributed by atoms with Gasteiger partial charge in [-0.25, -0.2) is 0 Å². The minimum absolute atomic E-state index is 0.0431. The normalized spacial score (nSPS) is 14.1. The maximum atomic E-state index is 11.8. The minimum atomic E-state index is -0.279. The molecule has 1 rings (SSSR count). The van der Waals surface area contributed by atoms with E-state index in [-0.39, 0.29) is 17.9 Å². The molecule has 17 heavy (non-hydrogen) atoms. The second kappa shape index (κ2) is 7.04. The minimum Gasteiger partial charge on any atom is -0.383 e. The van der Waals surface area contributed by atoms with Gasteiger partial charge in [-0.3, -0.25) is 4.79 Å². The Morgan fingerprint density at radius 1 is 1.41 bits per heavy atom. The van der Waals surface area contributed by atoms with E-state index >= 15 is 0 Å². The van der Waals surface area contributed by atoms with Crippen LogP contribution in [0.5, 0.6) is 0 Å². The van der Waals surface area contributed by atoms with Crippen LogP contribution >= 0.6 is 0 Å². The molecular weight excluding hydrogens is 216 g/mol. The van der Waals surface area contributed by atoms with Gasteiger partial charge in [0.25, 0.3) is 0 Å². The largest absolute Gasteiger partial charge is 0.383 e. The SMILES string of the molecule is COCCNC(=O)C(C)C(N)c1ccccc1. The zero-order valence-corrected chi connectivity index (χ0v) is 10.3. The third kappa shape index (κ3) is 4.17. The number of hydrogen-bond acceptors (Lipinski definition) is 3. The Morgan fingerprint density at radius 2 is 2.06 bits per heavy atom. The van der Waals surface area contributed by atoms with Crippen molar-refractivity contribution < 1.29 is 9.53 Å². The van der Waals surface area contributed by atoms with Crippen molar-refractivity contribution in [3.8, 4) is 0 Å². The number of carbonyl (C=O) groups is 1. The molecule has 0 radical (unpaired) electrons. The van der Waals surface area contributed by atoms with E-state index in [1.165, 1.54) is 0 Å². The van der Waals surface area contributed by atoms with Crippen LogP contribution in [0.1, 0.15) is 18.5 Å². The molecule has 0 aliphatic carbocycles. The Kier molecular flexibility index (Phi) is 5.66. The lowest BCUT2D eigenvalue weighted by molar-refractivity contribution is -0.125. The molecule has 0 spiro atoms. The summed E-state index contributed by atoms with van der Waals surface area (Å²) in [6, 6.07) is 9.36. The van der Waals surface area contributed by atoms with Crippen molar-refractivity contribution >= 4 is 5.91 Å². The Labute approximate surface area is 102 Å². The van der Waals surface area contributed by atoms with Gasteiger partial charge in [0.15, 0.2) is 0 Å². The monoisotopic (exact) mass is 236 g/mol. The maximum absolute atomic E-state index is 11.8. The lowest BCUT2D eigenvalue weighted by Crippen LogP contribution is -2.37. The topological polar surface area (TPSA) is 64.3 Å². The summed E-state index contributed by atoms with van der Waals surface area (Å²) in [5.41, 5.74) is 7.03. The first-order valence-electron chi connectivity index (χ1n) is 5.74. The molecule has 0 bridgehead atoms. The summed E-state index contributed by atoms with van der Waals surface area (Å²) in [5.74, 6) is -0.298. The lowest BCUT2D eigenvalue weighted by atomic mass is 9.95. The van der Waals surface area contributed by atoms with Crippen molar-refractivity contribution in [2.24, 2.45) is 11.7 Å². The van der Waals surface area contributed by atoms with E-state index in [0.717, 1.165) is 5.56 Å². The van der Waals surface area contributed by atoms with Gasteiger partial charge in [-0.2, -0.15) is 0 Å². The van der Waals surface area contributed by atoms with Gasteiger partial charge in [0.2, 0.25) is 5.91 Å². The van der Waals surface area contributed by atoms with Gasteiger partial charge in [0, 0.05) is 19.7 Å². The second-order valence-corrected chi connectivity index (χ2v) is 4.01. The molecule has 2 unspecified atom stereocenters. The van der Waals surface area contributed by atoms with Crippen molar-refractivity contribution in [2.75, 3.05) is 20.3 Å². The first kappa shape index (κ1) is 13.7. The number of carbonyl (C=O) groups excluding carboxylic acids is 1. The highest BCUT2D eigenvalue weighted by atomic mass is 16.5. The first-order valence-corrected chi connectivity index (χ1v) is 5.74. The van der Waals surface area contributed by atoms with Crippen LogP contribution in [0.3, 0.4) is 0 Å². The molecule has 1 aromatic rings.